The molecule has 0 atom stereocenters. The van der Waals surface area contributed by atoms with Crippen molar-refractivity contribution < 1.29 is 0 Å². The standard InChI is InChI=1S/C30H20N4/c1-3-13-23-21(9-1)11-5-17-27(23)31-33-29-19-7-16-26-25(29)15-8-20-30(26)34-32-28-18-6-12-22-10-2-4-14-24(22)28/h1-20H. The Bertz CT molecular complexity index is 1580. The molecule has 0 heterocycles. The Labute approximate surface area is 196 Å². The van der Waals surface area contributed by atoms with E-state index in [0.29, 0.717) is 0 Å². The topological polar surface area (TPSA) is 49.4 Å². The van der Waals surface area contributed by atoms with Gasteiger partial charge in [-0.15, -0.1) is 20.5 Å². The zero-order chi connectivity index (χ0) is 22.7. The van der Waals surface area contributed by atoms with Gasteiger partial charge in [0.25, 0.3) is 0 Å². The Morgan fingerprint density at radius 2 is 0.559 bits per heavy atom. The lowest BCUT2D eigenvalue weighted by Crippen LogP contribution is -1.76. The molecular formula is C30H20N4. The summed E-state index contributed by atoms with van der Waals surface area (Å²) in [6.07, 6.45) is 0. The van der Waals surface area contributed by atoms with Crippen LogP contribution in [0.4, 0.5) is 22.7 Å². The van der Waals surface area contributed by atoms with Crippen molar-refractivity contribution in [2.75, 3.05) is 0 Å². The zero-order valence-corrected chi connectivity index (χ0v) is 18.3. The van der Waals surface area contributed by atoms with Crippen molar-refractivity contribution >= 4 is 55.1 Å². The summed E-state index contributed by atoms with van der Waals surface area (Å²) in [5.41, 5.74) is 3.30. The highest BCUT2D eigenvalue weighted by Crippen LogP contribution is 2.36. The molecule has 0 N–H and O–H groups in total. The highest BCUT2D eigenvalue weighted by atomic mass is 15.1. The quantitative estimate of drug-likeness (QED) is 0.247. The van der Waals surface area contributed by atoms with E-state index in [4.69, 9.17) is 0 Å². The molecule has 0 bridgehead atoms. The molecule has 4 nitrogen and oxygen atoms in total. The van der Waals surface area contributed by atoms with Crippen LogP contribution >= 0.6 is 0 Å². The van der Waals surface area contributed by atoms with E-state index in [-0.39, 0.29) is 0 Å². The number of nitrogens with zero attached hydrogens (tertiary/aromatic N) is 4. The van der Waals surface area contributed by atoms with Gasteiger partial charge in [-0.05, 0) is 35.0 Å². The van der Waals surface area contributed by atoms with Crippen LogP contribution in [0, 0.1) is 0 Å². The van der Waals surface area contributed by atoms with Gasteiger partial charge >= 0.3 is 0 Å². The normalized spacial score (nSPS) is 11.9. The van der Waals surface area contributed by atoms with Gasteiger partial charge < -0.3 is 0 Å². The van der Waals surface area contributed by atoms with E-state index < -0.39 is 0 Å². The van der Waals surface area contributed by atoms with Crippen LogP contribution in [0.2, 0.25) is 0 Å². The molecule has 4 heteroatoms. The van der Waals surface area contributed by atoms with Gasteiger partial charge in [0, 0.05) is 21.5 Å². The summed E-state index contributed by atoms with van der Waals surface area (Å²) < 4.78 is 0. The van der Waals surface area contributed by atoms with E-state index in [1.165, 1.54) is 0 Å². The van der Waals surface area contributed by atoms with Crippen molar-refractivity contribution in [3.05, 3.63) is 121 Å². The highest BCUT2D eigenvalue weighted by Gasteiger charge is 2.06. The fraction of sp³-hybridized carbons (Fsp3) is 0. The predicted molar refractivity (Wildman–Crippen MR) is 140 cm³/mol. The van der Waals surface area contributed by atoms with Crippen molar-refractivity contribution in [3.8, 4) is 0 Å². The van der Waals surface area contributed by atoms with Gasteiger partial charge in [0.1, 0.15) is 0 Å². The second kappa shape index (κ2) is 8.68. The Balaban J connectivity index is 1.40. The van der Waals surface area contributed by atoms with Gasteiger partial charge in [0.15, 0.2) is 0 Å². The second-order valence-corrected chi connectivity index (χ2v) is 8.05. The molecular weight excluding hydrogens is 416 g/mol. The lowest BCUT2D eigenvalue weighted by atomic mass is 10.1. The van der Waals surface area contributed by atoms with Gasteiger partial charge in [-0.3, -0.25) is 0 Å². The number of benzene rings is 6. The minimum atomic E-state index is 0.799. The number of rotatable bonds is 4. The maximum absolute atomic E-state index is 4.61. The highest BCUT2D eigenvalue weighted by molar-refractivity contribution is 5.99. The molecule has 0 saturated heterocycles. The maximum atomic E-state index is 4.61. The first-order valence-electron chi connectivity index (χ1n) is 11.2. The predicted octanol–water partition coefficient (Wildman–Crippen LogP) is 9.98. The molecule has 0 unspecified atom stereocenters. The van der Waals surface area contributed by atoms with Crippen LogP contribution < -0.4 is 0 Å². The molecule has 0 aliphatic carbocycles. The summed E-state index contributed by atoms with van der Waals surface area (Å²) in [7, 11) is 0. The van der Waals surface area contributed by atoms with Crippen LogP contribution in [-0.2, 0) is 0 Å². The largest absolute Gasteiger partial charge is 0.150 e. The van der Waals surface area contributed by atoms with Gasteiger partial charge in [-0.1, -0.05) is 97.1 Å². The first-order chi connectivity index (χ1) is 16.9. The van der Waals surface area contributed by atoms with Crippen LogP contribution in [0.3, 0.4) is 0 Å². The van der Waals surface area contributed by atoms with Crippen LogP contribution in [0.25, 0.3) is 32.3 Å². The monoisotopic (exact) mass is 436 g/mol. The van der Waals surface area contributed by atoms with Crippen molar-refractivity contribution in [2.45, 2.75) is 0 Å². The Morgan fingerprint density at radius 3 is 1.00 bits per heavy atom. The van der Waals surface area contributed by atoms with E-state index in [1.54, 1.807) is 0 Å². The van der Waals surface area contributed by atoms with Gasteiger partial charge in [0.2, 0.25) is 0 Å². The van der Waals surface area contributed by atoms with E-state index in [1.807, 2.05) is 84.9 Å². The summed E-state index contributed by atoms with van der Waals surface area (Å²) in [6, 6.07) is 40.6. The van der Waals surface area contributed by atoms with Crippen molar-refractivity contribution in [1.82, 2.24) is 0 Å². The first kappa shape index (κ1) is 19.9. The minimum absolute atomic E-state index is 0.799. The number of fused-ring (bicyclic) bond motifs is 3. The van der Waals surface area contributed by atoms with E-state index in [9.17, 15) is 0 Å². The number of hydrogen-bond acceptors (Lipinski definition) is 4. The van der Waals surface area contributed by atoms with Crippen LogP contribution in [0.5, 0.6) is 0 Å². The van der Waals surface area contributed by atoms with Gasteiger partial charge in [-0.25, -0.2) is 0 Å². The number of azo groups is 2. The van der Waals surface area contributed by atoms with E-state index in [0.717, 1.165) is 55.1 Å². The average Bonchev–Trinajstić information content (AvgIpc) is 2.90. The molecule has 0 saturated carbocycles. The second-order valence-electron chi connectivity index (χ2n) is 8.05. The number of hydrogen-bond donors (Lipinski definition) is 0. The smallest absolute Gasteiger partial charge is 0.0936 e. The summed E-state index contributed by atoms with van der Waals surface area (Å²) in [5, 5.41) is 24.8. The molecule has 34 heavy (non-hydrogen) atoms. The zero-order valence-electron chi connectivity index (χ0n) is 18.3. The molecule has 0 aliphatic heterocycles. The van der Waals surface area contributed by atoms with Crippen LogP contribution in [0.1, 0.15) is 0 Å². The van der Waals surface area contributed by atoms with Crippen LogP contribution in [0.15, 0.2) is 142 Å². The SMILES string of the molecule is c1ccc2c(N=Nc3cccc4c(N=Nc5cccc6ccccc56)cccc34)cccc2c1. The minimum Gasteiger partial charge on any atom is -0.150 e. The van der Waals surface area contributed by atoms with Crippen LogP contribution in [-0.4, -0.2) is 0 Å². The van der Waals surface area contributed by atoms with E-state index >= 15 is 0 Å². The Morgan fingerprint density at radius 1 is 0.265 bits per heavy atom. The summed E-state index contributed by atoms with van der Waals surface area (Å²) in [6.45, 7) is 0. The molecule has 0 fully saturated rings. The third-order valence-corrected chi connectivity index (χ3v) is 5.94. The fourth-order valence-electron chi connectivity index (χ4n) is 4.26. The molecule has 6 rings (SSSR count). The van der Waals surface area contributed by atoms with Gasteiger partial charge in [-0.2, -0.15) is 0 Å². The Hall–Kier alpha value is -4.70. The molecule has 0 amide bonds. The van der Waals surface area contributed by atoms with Crippen molar-refractivity contribution in [2.24, 2.45) is 20.5 Å². The third kappa shape index (κ3) is 3.71. The Kier molecular flexibility index (Phi) is 5.09. The van der Waals surface area contributed by atoms with E-state index in [2.05, 4.69) is 56.9 Å². The lowest BCUT2D eigenvalue weighted by Gasteiger charge is -2.05. The lowest BCUT2D eigenvalue weighted by molar-refractivity contribution is 1.24. The van der Waals surface area contributed by atoms with Crippen molar-refractivity contribution in [3.63, 3.8) is 0 Å². The molecule has 0 aliphatic rings. The average molecular weight is 437 g/mol. The maximum Gasteiger partial charge on any atom is 0.0936 e. The summed E-state index contributed by atoms with van der Waals surface area (Å²) >= 11 is 0. The summed E-state index contributed by atoms with van der Waals surface area (Å²) in [5.74, 6) is 0. The molecule has 160 valence electrons. The molecule has 0 aromatic heterocycles. The molecule has 6 aromatic carbocycles. The molecule has 6 aromatic rings. The molecule has 0 radical (unpaired) electrons. The fourth-order valence-corrected chi connectivity index (χ4v) is 4.26. The summed E-state index contributed by atoms with van der Waals surface area (Å²) in [4.78, 5) is 0. The van der Waals surface area contributed by atoms with Crippen molar-refractivity contribution in [1.29, 1.82) is 0 Å². The first-order valence-corrected chi connectivity index (χ1v) is 11.2. The van der Waals surface area contributed by atoms with Gasteiger partial charge in [0.05, 0.1) is 22.7 Å². The molecule has 0 spiro atoms. The third-order valence-electron chi connectivity index (χ3n) is 5.94.